The average Bonchev–Trinajstić information content (AvgIpc) is 2.67. The molecule has 1 saturated heterocycles. The first-order valence-electron chi connectivity index (χ1n) is 4.48. The van der Waals surface area contributed by atoms with E-state index in [1.54, 1.807) is 0 Å². The van der Waals surface area contributed by atoms with Gasteiger partial charge in [0.25, 0.3) is 0 Å². The number of hydrogen-bond donors (Lipinski definition) is 2. The van der Waals surface area contributed by atoms with Crippen LogP contribution in [-0.2, 0) is 19.4 Å². The Kier molecular flexibility index (Phi) is 4.34. The van der Waals surface area contributed by atoms with Crippen LogP contribution in [0.3, 0.4) is 0 Å². The van der Waals surface area contributed by atoms with E-state index in [0.717, 1.165) is 19.4 Å². The van der Waals surface area contributed by atoms with E-state index in [9.17, 15) is 9.59 Å². The van der Waals surface area contributed by atoms with E-state index in [2.05, 4.69) is 20.4 Å². The second-order valence-corrected chi connectivity index (χ2v) is 2.99. The highest BCUT2D eigenvalue weighted by Crippen LogP contribution is 2.03. The van der Waals surface area contributed by atoms with Crippen molar-refractivity contribution in [3.05, 3.63) is 0 Å². The SMILES string of the molecule is COOC(=O)CNC(=O)C1CCCN1. The van der Waals surface area contributed by atoms with Gasteiger partial charge >= 0.3 is 5.97 Å². The molecular formula is C8H14N2O4. The number of nitrogens with one attached hydrogen (secondary N) is 2. The van der Waals surface area contributed by atoms with Gasteiger partial charge in [0, 0.05) is 0 Å². The lowest BCUT2D eigenvalue weighted by molar-refractivity contribution is -0.253. The number of amides is 1. The summed E-state index contributed by atoms with van der Waals surface area (Å²) in [7, 11) is 1.23. The molecule has 1 amide bonds. The summed E-state index contributed by atoms with van der Waals surface area (Å²) < 4.78 is 0. The van der Waals surface area contributed by atoms with E-state index in [-0.39, 0.29) is 18.5 Å². The largest absolute Gasteiger partial charge is 0.361 e. The van der Waals surface area contributed by atoms with Crippen molar-refractivity contribution in [3.8, 4) is 0 Å². The minimum Gasteiger partial charge on any atom is -0.344 e. The second kappa shape index (κ2) is 5.56. The lowest BCUT2D eigenvalue weighted by atomic mass is 10.2. The van der Waals surface area contributed by atoms with E-state index in [1.165, 1.54) is 7.11 Å². The highest BCUT2D eigenvalue weighted by Gasteiger charge is 2.22. The fraction of sp³-hybridized carbons (Fsp3) is 0.750. The molecule has 0 aliphatic carbocycles. The van der Waals surface area contributed by atoms with Crippen LogP contribution in [0.5, 0.6) is 0 Å². The molecule has 0 saturated carbocycles. The normalized spacial score (nSPS) is 20.5. The van der Waals surface area contributed by atoms with Gasteiger partial charge in [-0.2, -0.15) is 4.89 Å². The van der Waals surface area contributed by atoms with Crippen LogP contribution in [0, 0.1) is 0 Å². The number of hydrogen-bond acceptors (Lipinski definition) is 5. The molecule has 6 heteroatoms. The Balaban J connectivity index is 2.17. The zero-order valence-corrected chi connectivity index (χ0v) is 8.04. The first-order chi connectivity index (χ1) is 6.74. The van der Waals surface area contributed by atoms with E-state index >= 15 is 0 Å². The molecule has 2 N–H and O–H groups in total. The van der Waals surface area contributed by atoms with Crippen LogP contribution < -0.4 is 10.6 Å². The third-order valence-electron chi connectivity index (χ3n) is 1.96. The summed E-state index contributed by atoms with van der Waals surface area (Å²) in [6.07, 6.45) is 1.80. The van der Waals surface area contributed by atoms with E-state index in [0.29, 0.717) is 0 Å². The minimum absolute atomic E-state index is 0.162. The molecule has 1 unspecified atom stereocenters. The summed E-state index contributed by atoms with van der Waals surface area (Å²) in [6.45, 7) is 0.686. The third-order valence-corrected chi connectivity index (χ3v) is 1.96. The van der Waals surface area contributed by atoms with Crippen LogP contribution in [0.1, 0.15) is 12.8 Å². The highest BCUT2D eigenvalue weighted by molar-refractivity contribution is 5.85. The van der Waals surface area contributed by atoms with Gasteiger partial charge < -0.3 is 10.6 Å². The van der Waals surface area contributed by atoms with Gasteiger partial charge in [0.2, 0.25) is 5.91 Å². The van der Waals surface area contributed by atoms with Crippen LogP contribution in [0.25, 0.3) is 0 Å². The first-order valence-corrected chi connectivity index (χ1v) is 4.48. The van der Waals surface area contributed by atoms with Gasteiger partial charge in [-0.1, -0.05) is 0 Å². The summed E-state index contributed by atoms with van der Waals surface area (Å²) in [5.74, 6) is -0.783. The monoisotopic (exact) mass is 202 g/mol. The van der Waals surface area contributed by atoms with Gasteiger partial charge in [-0.05, 0) is 19.4 Å². The van der Waals surface area contributed by atoms with Crippen molar-refractivity contribution in [2.24, 2.45) is 0 Å². The molecule has 0 bridgehead atoms. The lowest BCUT2D eigenvalue weighted by Gasteiger charge is -2.09. The fourth-order valence-electron chi connectivity index (χ4n) is 1.31. The predicted octanol–water partition coefficient (Wildman–Crippen LogP) is -1.04. The first kappa shape index (κ1) is 10.9. The van der Waals surface area contributed by atoms with Crippen LogP contribution in [0.15, 0.2) is 0 Å². The van der Waals surface area contributed by atoms with Crippen molar-refractivity contribution in [1.29, 1.82) is 0 Å². The third kappa shape index (κ3) is 3.31. The molecule has 1 fully saturated rings. The van der Waals surface area contributed by atoms with Crippen molar-refractivity contribution < 1.29 is 19.4 Å². The van der Waals surface area contributed by atoms with Crippen molar-refractivity contribution in [2.75, 3.05) is 20.2 Å². The van der Waals surface area contributed by atoms with Gasteiger partial charge in [-0.25, -0.2) is 4.79 Å². The molecule has 0 aromatic carbocycles. The predicted molar refractivity (Wildman–Crippen MR) is 47.1 cm³/mol. The molecule has 1 aliphatic rings. The minimum atomic E-state index is -0.612. The van der Waals surface area contributed by atoms with E-state index in [1.807, 2.05) is 0 Å². The Bertz CT molecular complexity index is 213. The molecule has 6 nitrogen and oxygen atoms in total. The Morgan fingerprint density at radius 3 is 2.93 bits per heavy atom. The molecule has 0 aromatic rings. The standard InChI is InChI=1S/C8H14N2O4/c1-13-14-7(11)5-10-8(12)6-3-2-4-9-6/h6,9H,2-5H2,1H3,(H,10,12). The Morgan fingerprint density at radius 1 is 1.57 bits per heavy atom. The molecule has 14 heavy (non-hydrogen) atoms. The van der Waals surface area contributed by atoms with Gasteiger partial charge in [-0.15, -0.1) is 0 Å². The van der Waals surface area contributed by atoms with Gasteiger partial charge in [0.1, 0.15) is 6.54 Å². The maximum absolute atomic E-state index is 11.3. The van der Waals surface area contributed by atoms with Gasteiger partial charge in [0.05, 0.1) is 13.2 Å². The lowest BCUT2D eigenvalue weighted by Crippen LogP contribution is -2.42. The maximum Gasteiger partial charge on any atom is 0.361 e. The van der Waals surface area contributed by atoms with Gasteiger partial charge in [0.15, 0.2) is 0 Å². The molecule has 1 aliphatic heterocycles. The molecule has 0 radical (unpaired) electrons. The van der Waals surface area contributed by atoms with Gasteiger partial charge in [-0.3, -0.25) is 9.68 Å². The van der Waals surface area contributed by atoms with Crippen LogP contribution in [0.4, 0.5) is 0 Å². The highest BCUT2D eigenvalue weighted by atomic mass is 17.2. The fourth-order valence-corrected chi connectivity index (χ4v) is 1.31. The average molecular weight is 202 g/mol. The van der Waals surface area contributed by atoms with Crippen LogP contribution in [0.2, 0.25) is 0 Å². The quantitative estimate of drug-likeness (QED) is 0.450. The Hall–Kier alpha value is -1.14. The summed E-state index contributed by atoms with van der Waals surface area (Å²) in [5, 5.41) is 5.47. The van der Waals surface area contributed by atoms with Crippen molar-refractivity contribution in [3.63, 3.8) is 0 Å². The Morgan fingerprint density at radius 2 is 2.36 bits per heavy atom. The molecule has 0 aromatic heterocycles. The smallest absolute Gasteiger partial charge is 0.344 e. The summed E-state index contributed by atoms with van der Waals surface area (Å²) in [6, 6.07) is -0.176. The zero-order valence-electron chi connectivity index (χ0n) is 8.04. The van der Waals surface area contributed by atoms with Crippen LogP contribution in [-0.4, -0.2) is 38.1 Å². The molecule has 1 heterocycles. The number of carbonyl (C=O) groups is 2. The molecular weight excluding hydrogens is 188 g/mol. The molecule has 0 spiro atoms. The molecule has 1 atom stereocenters. The molecule has 80 valence electrons. The second-order valence-electron chi connectivity index (χ2n) is 2.99. The van der Waals surface area contributed by atoms with Crippen molar-refractivity contribution in [2.45, 2.75) is 18.9 Å². The summed E-state index contributed by atoms with van der Waals surface area (Å²) in [5.41, 5.74) is 0. The number of rotatable bonds is 4. The zero-order chi connectivity index (χ0) is 10.4. The van der Waals surface area contributed by atoms with Crippen molar-refractivity contribution in [1.82, 2.24) is 10.6 Å². The number of carbonyl (C=O) groups excluding carboxylic acids is 2. The van der Waals surface area contributed by atoms with Crippen molar-refractivity contribution >= 4 is 11.9 Å². The maximum atomic E-state index is 11.3. The van der Waals surface area contributed by atoms with E-state index in [4.69, 9.17) is 0 Å². The molecule has 1 rings (SSSR count). The Labute approximate surface area is 81.9 Å². The summed E-state index contributed by atoms with van der Waals surface area (Å²) in [4.78, 5) is 30.4. The topological polar surface area (TPSA) is 76.7 Å². The summed E-state index contributed by atoms with van der Waals surface area (Å²) >= 11 is 0. The van der Waals surface area contributed by atoms with Crippen LogP contribution >= 0.6 is 0 Å². The van der Waals surface area contributed by atoms with E-state index < -0.39 is 5.97 Å².